The number of hydrogen-bond acceptors (Lipinski definition) is 4. The highest BCUT2D eigenvalue weighted by Gasteiger charge is 2.35. The zero-order valence-electron chi connectivity index (χ0n) is 17.1. The Bertz CT molecular complexity index is 1020. The fraction of sp³-hybridized carbons (Fsp3) is 0.522. The van der Waals surface area contributed by atoms with Gasteiger partial charge >= 0.3 is 0 Å². The first-order valence-electron chi connectivity index (χ1n) is 10.9. The van der Waals surface area contributed by atoms with E-state index in [2.05, 4.69) is 9.88 Å². The van der Waals surface area contributed by atoms with Crippen LogP contribution in [0.4, 0.5) is 4.39 Å². The molecule has 2 aromatic rings. The molecule has 0 unspecified atom stereocenters. The van der Waals surface area contributed by atoms with Crippen LogP contribution in [0, 0.1) is 11.7 Å². The van der Waals surface area contributed by atoms with Crippen LogP contribution >= 0.6 is 0 Å². The normalized spacial score (nSPS) is 22.0. The number of H-pyrrole nitrogens is 1. The largest absolute Gasteiger partial charge is 0.337 e. The molecule has 1 aromatic carbocycles. The Morgan fingerprint density at radius 2 is 2.10 bits per heavy atom. The standard InChI is InChI=1S/C23H27FN4O2/c24-18-5-1-3-15(11-18)12-27-9-2-4-17(13-27)21-25-20-8-10-28(23(30)16-6-7-16)14-19(20)22(29)26-21/h1,3,5,11,16-17H,2,4,6-10,12-14H2,(H,25,26,29)/t17-/m0/s1. The number of rotatable bonds is 4. The number of carbonyl (C=O) groups is 1. The predicted molar refractivity (Wildman–Crippen MR) is 110 cm³/mol. The van der Waals surface area contributed by atoms with Gasteiger partial charge in [-0.3, -0.25) is 14.5 Å². The van der Waals surface area contributed by atoms with Gasteiger partial charge in [-0.25, -0.2) is 9.37 Å². The van der Waals surface area contributed by atoms with E-state index in [0.717, 1.165) is 55.9 Å². The van der Waals surface area contributed by atoms with Crippen LogP contribution in [0.2, 0.25) is 0 Å². The SMILES string of the molecule is O=C(C1CC1)N1CCc2nc([C@H]3CCCN(Cc4cccc(F)c4)C3)[nH]c(=O)c2C1. The highest BCUT2D eigenvalue weighted by atomic mass is 19.1. The van der Waals surface area contributed by atoms with Crippen molar-refractivity contribution in [2.75, 3.05) is 19.6 Å². The maximum absolute atomic E-state index is 13.5. The molecule has 0 spiro atoms. The molecule has 2 fully saturated rings. The Morgan fingerprint density at radius 3 is 2.90 bits per heavy atom. The number of aromatic nitrogens is 2. The molecule has 30 heavy (non-hydrogen) atoms. The van der Waals surface area contributed by atoms with Crippen LogP contribution in [-0.2, 0) is 24.3 Å². The van der Waals surface area contributed by atoms with Gasteiger partial charge in [0.25, 0.3) is 5.56 Å². The van der Waals surface area contributed by atoms with Crippen LogP contribution < -0.4 is 5.56 Å². The number of nitrogens with zero attached hydrogens (tertiary/aromatic N) is 3. The molecule has 6 nitrogen and oxygen atoms in total. The molecule has 1 aromatic heterocycles. The van der Waals surface area contributed by atoms with Crippen molar-refractivity contribution in [1.29, 1.82) is 0 Å². The molecule has 7 heteroatoms. The smallest absolute Gasteiger partial charge is 0.256 e. The van der Waals surface area contributed by atoms with Gasteiger partial charge in [0.05, 0.1) is 17.8 Å². The molecule has 158 valence electrons. The molecule has 3 aliphatic rings. The van der Waals surface area contributed by atoms with Crippen molar-refractivity contribution >= 4 is 5.91 Å². The summed E-state index contributed by atoms with van der Waals surface area (Å²) in [6.45, 7) is 3.48. The third kappa shape index (κ3) is 4.03. The number of benzene rings is 1. The van der Waals surface area contributed by atoms with Gasteiger partial charge in [0.15, 0.2) is 0 Å². The van der Waals surface area contributed by atoms with Crippen molar-refractivity contribution in [3.8, 4) is 0 Å². The lowest BCUT2D eigenvalue weighted by Gasteiger charge is -2.33. The van der Waals surface area contributed by atoms with Gasteiger partial charge in [0.1, 0.15) is 11.6 Å². The average molecular weight is 410 g/mol. The van der Waals surface area contributed by atoms with E-state index in [1.807, 2.05) is 11.0 Å². The lowest BCUT2D eigenvalue weighted by molar-refractivity contribution is -0.133. The maximum Gasteiger partial charge on any atom is 0.256 e. The maximum atomic E-state index is 13.5. The van der Waals surface area contributed by atoms with Crippen molar-refractivity contribution in [2.24, 2.45) is 5.92 Å². The summed E-state index contributed by atoms with van der Waals surface area (Å²) in [7, 11) is 0. The van der Waals surface area contributed by atoms with Crippen molar-refractivity contribution in [2.45, 2.75) is 51.1 Å². The summed E-state index contributed by atoms with van der Waals surface area (Å²) in [4.78, 5) is 37.1. The van der Waals surface area contributed by atoms with Crippen molar-refractivity contribution in [1.82, 2.24) is 19.8 Å². The zero-order chi connectivity index (χ0) is 20.7. The summed E-state index contributed by atoms with van der Waals surface area (Å²) in [5.74, 6) is 1.06. The van der Waals surface area contributed by atoms with E-state index in [9.17, 15) is 14.0 Å². The molecule has 0 bridgehead atoms. The van der Waals surface area contributed by atoms with E-state index in [1.165, 1.54) is 6.07 Å². The lowest BCUT2D eigenvalue weighted by Crippen LogP contribution is -2.41. The summed E-state index contributed by atoms with van der Waals surface area (Å²) in [6.07, 6.45) is 4.59. The van der Waals surface area contributed by atoms with Crippen molar-refractivity contribution < 1.29 is 9.18 Å². The van der Waals surface area contributed by atoms with E-state index < -0.39 is 0 Å². The fourth-order valence-corrected chi connectivity index (χ4v) is 4.73. The molecule has 3 heterocycles. The molecule has 0 radical (unpaired) electrons. The summed E-state index contributed by atoms with van der Waals surface area (Å²) < 4.78 is 13.5. The third-order valence-corrected chi connectivity index (χ3v) is 6.51. The predicted octanol–water partition coefficient (Wildman–Crippen LogP) is 2.58. The monoisotopic (exact) mass is 410 g/mol. The van der Waals surface area contributed by atoms with E-state index in [-0.39, 0.29) is 29.1 Å². The molecule has 1 amide bonds. The molecule has 5 rings (SSSR count). The molecule has 1 saturated heterocycles. The number of nitrogens with one attached hydrogen (secondary N) is 1. The Morgan fingerprint density at radius 1 is 1.23 bits per heavy atom. The first-order valence-corrected chi connectivity index (χ1v) is 10.9. The van der Waals surface area contributed by atoms with E-state index >= 15 is 0 Å². The van der Waals surface area contributed by atoms with E-state index in [1.54, 1.807) is 12.1 Å². The summed E-state index contributed by atoms with van der Waals surface area (Å²) >= 11 is 0. The van der Waals surface area contributed by atoms with Crippen LogP contribution in [-0.4, -0.2) is 45.3 Å². The summed E-state index contributed by atoms with van der Waals surface area (Å²) in [5.41, 5.74) is 2.34. The van der Waals surface area contributed by atoms with E-state index in [0.29, 0.717) is 31.6 Å². The molecule has 1 saturated carbocycles. The Labute approximate surface area is 175 Å². The number of hydrogen-bond donors (Lipinski definition) is 1. The van der Waals surface area contributed by atoms with Crippen LogP contribution in [0.5, 0.6) is 0 Å². The minimum atomic E-state index is -0.212. The molecule has 1 atom stereocenters. The zero-order valence-corrected chi connectivity index (χ0v) is 17.1. The second-order valence-corrected chi connectivity index (χ2v) is 8.86. The molecular weight excluding hydrogens is 383 g/mol. The first kappa shape index (κ1) is 19.4. The highest BCUT2D eigenvalue weighted by Crippen LogP contribution is 2.32. The molecule has 1 N–H and O–H groups in total. The lowest BCUT2D eigenvalue weighted by atomic mass is 9.96. The number of halogens is 1. The van der Waals surface area contributed by atoms with Crippen molar-refractivity contribution in [3.63, 3.8) is 0 Å². The second kappa shape index (κ2) is 7.95. The molecule has 2 aliphatic heterocycles. The van der Waals surface area contributed by atoms with Gasteiger partial charge in [-0.05, 0) is 49.9 Å². The number of carbonyl (C=O) groups excluding carboxylic acids is 1. The minimum Gasteiger partial charge on any atom is -0.337 e. The van der Waals surface area contributed by atoms with Crippen molar-refractivity contribution in [3.05, 3.63) is 63.1 Å². The minimum absolute atomic E-state index is 0.106. The van der Waals surface area contributed by atoms with Crippen LogP contribution in [0.1, 0.15) is 54.2 Å². The van der Waals surface area contributed by atoms with Gasteiger partial charge < -0.3 is 9.88 Å². The first-order chi connectivity index (χ1) is 14.6. The molecule has 1 aliphatic carbocycles. The fourth-order valence-electron chi connectivity index (χ4n) is 4.73. The highest BCUT2D eigenvalue weighted by molar-refractivity contribution is 5.81. The third-order valence-electron chi connectivity index (χ3n) is 6.51. The van der Waals surface area contributed by atoms with Gasteiger partial charge in [-0.2, -0.15) is 0 Å². The number of amides is 1. The topological polar surface area (TPSA) is 69.3 Å². The Hall–Kier alpha value is -2.54. The number of likely N-dealkylation sites (tertiary alicyclic amines) is 1. The van der Waals surface area contributed by atoms with Crippen LogP contribution in [0.3, 0.4) is 0 Å². The number of piperidine rings is 1. The quantitative estimate of drug-likeness (QED) is 0.841. The van der Waals surface area contributed by atoms with Crippen LogP contribution in [0.25, 0.3) is 0 Å². The van der Waals surface area contributed by atoms with Gasteiger partial charge in [0, 0.05) is 37.9 Å². The van der Waals surface area contributed by atoms with Crippen LogP contribution in [0.15, 0.2) is 29.1 Å². The van der Waals surface area contributed by atoms with E-state index in [4.69, 9.17) is 4.98 Å². The Balaban J connectivity index is 1.30. The molecular formula is C23H27FN4O2. The number of fused-ring (bicyclic) bond motifs is 1. The average Bonchev–Trinajstić information content (AvgIpc) is 3.59. The van der Waals surface area contributed by atoms with Gasteiger partial charge in [-0.1, -0.05) is 12.1 Å². The summed E-state index contributed by atoms with van der Waals surface area (Å²) in [5, 5.41) is 0. The van der Waals surface area contributed by atoms with Gasteiger partial charge in [-0.15, -0.1) is 0 Å². The summed E-state index contributed by atoms with van der Waals surface area (Å²) in [6, 6.07) is 6.73. The number of aromatic amines is 1. The van der Waals surface area contributed by atoms with Gasteiger partial charge in [0.2, 0.25) is 5.91 Å². The Kier molecular flexibility index (Phi) is 5.15. The second-order valence-electron chi connectivity index (χ2n) is 8.86.